The van der Waals surface area contributed by atoms with Gasteiger partial charge in [0.05, 0.1) is 17.7 Å². The first kappa shape index (κ1) is 15.9. The molecule has 1 aromatic carbocycles. The van der Waals surface area contributed by atoms with Crippen LogP contribution in [0, 0.1) is 11.6 Å². The Morgan fingerprint density at radius 3 is 2.55 bits per heavy atom. The van der Waals surface area contributed by atoms with Gasteiger partial charge < -0.3 is 4.74 Å². The van der Waals surface area contributed by atoms with Crippen LogP contribution in [0.25, 0.3) is 11.3 Å². The molecule has 5 nitrogen and oxygen atoms in total. The second-order valence-corrected chi connectivity index (χ2v) is 4.02. The summed E-state index contributed by atoms with van der Waals surface area (Å²) in [6, 6.07) is 0.698. The summed E-state index contributed by atoms with van der Waals surface area (Å²) in [6.45, 7) is 1.42. The van der Waals surface area contributed by atoms with Gasteiger partial charge in [0.25, 0.3) is 0 Å². The third kappa shape index (κ3) is 2.76. The van der Waals surface area contributed by atoms with Gasteiger partial charge in [0, 0.05) is 0 Å². The van der Waals surface area contributed by atoms with Crippen molar-refractivity contribution in [3.8, 4) is 11.3 Å². The smallest absolute Gasteiger partial charge is 0.419 e. The molecule has 0 saturated carbocycles. The fraction of sp³-hybridized carbons (Fsp3) is 0.250. The standard InChI is InChI=1S/C12H8F5N3O2/c1-2-22-11(21)10-9(18-20-19-10)7-6(13)4-3-5(8(7)14)12(15,16)17/h3-4H,2H2,1H3,(H,18,19,20). The average Bonchev–Trinajstić information content (AvgIpc) is 2.86. The van der Waals surface area contributed by atoms with Crippen molar-refractivity contribution in [3.63, 3.8) is 0 Å². The predicted molar refractivity (Wildman–Crippen MR) is 62.7 cm³/mol. The molecule has 0 radical (unpaired) electrons. The van der Waals surface area contributed by atoms with E-state index in [9.17, 15) is 26.7 Å². The van der Waals surface area contributed by atoms with Crippen LogP contribution in [0.4, 0.5) is 22.0 Å². The zero-order chi connectivity index (χ0) is 16.5. The largest absolute Gasteiger partial charge is 0.461 e. The Morgan fingerprint density at radius 2 is 1.95 bits per heavy atom. The molecule has 1 aromatic heterocycles. The number of carbonyl (C=O) groups excluding carboxylic acids is 1. The lowest BCUT2D eigenvalue weighted by Gasteiger charge is -2.11. The van der Waals surface area contributed by atoms with Crippen LogP contribution in [0.3, 0.4) is 0 Å². The van der Waals surface area contributed by atoms with E-state index in [0.717, 1.165) is 0 Å². The first-order chi connectivity index (χ1) is 10.3. The van der Waals surface area contributed by atoms with Gasteiger partial charge in [-0.1, -0.05) is 0 Å². The van der Waals surface area contributed by atoms with Gasteiger partial charge in [-0.25, -0.2) is 13.6 Å². The summed E-state index contributed by atoms with van der Waals surface area (Å²) in [6.07, 6.45) is -5.03. The highest BCUT2D eigenvalue weighted by atomic mass is 19.4. The highest BCUT2D eigenvalue weighted by molar-refractivity contribution is 5.94. The lowest BCUT2D eigenvalue weighted by Crippen LogP contribution is -2.12. The second-order valence-electron chi connectivity index (χ2n) is 4.02. The van der Waals surface area contributed by atoms with E-state index in [-0.39, 0.29) is 12.7 Å². The van der Waals surface area contributed by atoms with Crippen molar-refractivity contribution in [1.29, 1.82) is 0 Å². The number of ether oxygens (including phenoxy) is 1. The Labute approximate surface area is 120 Å². The normalized spacial score (nSPS) is 11.5. The number of nitrogens with one attached hydrogen (secondary N) is 1. The quantitative estimate of drug-likeness (QED) is 0.697. The van der Waals surface area contributed by atoms with Crippen LogP contribution in [0.5, 0.6) is 0 Å². The molecule has 0 fully saturated rings. The number of carbonyl (C=O) groups is 1. The third-order valence-electron chi connectivity index (χ3n) is 2.65. The molecule has 0 aliphatic rings. The molecule has 22 heavy (non-hydrogen) atoms. The zero-order valence-electron chi connectivity index (χ0n) is 11.0. The number of halogens is 5. The highest BCUT2D eigenvalue weighted by Crippen LogP contribution is 2.37. The summed E-state index contributed by atoms with van der Waals surface area (Å²) in [5.74, 6) is -4.26. The average molecular weight is 321 g/mol. The molecule has 0 bridgehead atoms. The molecule has 0 amide bonds. The van der Waals surface area contributed by atoms with Crippen LogP contribution in [-0.4, -0.2) is 28.0 Å². The van der Waals surface area contributed by atoms with Gasteiger partial charge in [0.2, 0.25) is 0 Å². The van der Waals surface area contributed by atoms with E-state index in [1.165, 1.54) is 6.92 Å². The summed E-state index contributed by atoms with van der Waals surface area (Å²) in [4.78, 5) is 11.6. The fourth-order valence-corrected chi connectivity index (χ4v) is 1.74. The molecule has 2 aromatic rings. The first-order valence-electron chi connectivity index (χ1n) is 5.90. The van der Waals surface area contributed by atoms with Gasteiger partial charge in [-0.3, -0.25) is 0 Å². The van der Waals surface area contributed by atoms with Crippen LogP contribution >= 0.6 is 0 Å². The maximum absolute atomic E-state index is 14.0. The van der Waals surface area contributed by atoms with E-state index in [4.69, 9.17) is 0 Å². The van der Waals surface area contributed by atoms with Crippen molar-refractivity contribution in [2.24, 2.45) is 0 Å². The van der Waals surface area contributed by atoms with Crippen molar-refractivity contribution in [2.45, 2.75) is 13.1 Å². The Kier molecular flexibility index (Phi) is 4.11. The first-order valence-corrected chi connectivity index (χ1v) is 5.90. The van der Waals surface area contributed by atoms with Gasteiger partial charge in [0.1, 0.15) is 17.3 Å². The van der Waals surface area contributed by atoms with Crippen LogP contribution in [-0.2, 0) is 10.9 Å². The number of hydrogen-bond donors (Lipinski definition) is 1. The third-order valence-corrected chi connectivity index (χ3v) is 2.65. The number of hydrogen-bond acceptors (Lipinski definition) is 4. The van der Waals surface area contributed by atoms with Crippen molar-refractivity contribution < 1.29 is 31.5 Å². The maximum Gasteiger partial charge on any atom is 0.419 e. The topological polar surface area (TPSA) is 67.9 Å². The van der Waals surface area contributed by atoms with Crippen molar-refractivity contribution >= 4 is 5.97 Å². The van der Waals surface area contributed by atoms with Gasteiger partial charge >= 0.3 is 12.1 Å². The number of aromatic amines is 1. The Bertz CT molecular complexity index is 711. The van der Waals surface area contributed by atoms with Crippen molar-refractivity contribution in [1.82, 2.24) is 15.4 Å². The number of aromatic nitrogens is 3. The van der Waals surface area contributed by atoms with Crippen LogP contribution in [0.1, 0.15) is 23.0 Å². The molecule has 0 spiro atoms. The van der Waals surface area contributed by atoms with Gasteiger partial charge in [-0.15, -0.1) is 5.10 Å². The molecule has 1 N–H and O–H groups in total. The van der Waals surface area contributed by atoms with Crippen LogP contribution in [0.2, 0.25) is 0 Å². The molecular weight excluding hydrogens is 313 g/mol. The molecule has 0 atom stereocenters. The van der Waals surface area contributed by atoms with Gasteiger partial charge in [0.15, 0.2) is 5.69 Å². The Morgan fingerprint density at radius 1 is 1.27 bits per heavy atom. The lowest BCUT2D eigenvalue weighted by atomic mass is 10.0. The molecule has 0 saturated heterocycles. The molecule has 0 aliphatic heterocycles. The number of rotatable bonds is 3. The lowest BCUT2D eigenvalue weighted by molar-refractivity contribution is -0.139. The zero-order valence-corrected chi connectivity index (χ0v) is 11.0. The maximum atomic E-state index is 14.0. The Hall–Kier alpha value is -2.52. The predicted octanol–water partition coefficient (Wildman–Crippen LogP) is 2.95. The van der Waals surface area contributed by atoms with E-state index in [1.54, 1.807) is 0 Å². The van der Waals surface area contributed by atoms with Crippen LogP contribution in [0.15, 0.2) is 12.1 Å². The molecule has 10 heteroatoms. The van der Waals surface area contributed by atoms with E-state index >= 15 is 0 Å². The van der Waals surface area contributed by atoms with E-state index in [1.807, 2.05) is 5.21 Å². The van der Waals surface area contributed by atoms with Gasteiger partial charge in [-0.2, -0.15) is 23.5 Å². The minimum atomic E-state index is -5.03. The van der Waals surface area contributed by atoms with E-state index in [0.29, 0.717) is 6.07 Å². The minimum absolute atomic E-state index is 0.0569. The SMILES string of the molecule is CCOC(=O)c1n[nH]nc1-c1c(F)ccc(C(F)(F)F)c1F. The molecular formula is C12H8F5N3O2. The van der Waals surface area contributed by atoms with E-state index < -0.39 is 46.3 Å². The number of esters is 1. The number of benzene rings is 1. The van der Waals surface area contributed by atoms with Crippen LogP contribution < -0.4 is 0 Å². The summed E-state index contributed by atoms with van der Waals surface area (Å²) in [5, 5.41) is 8.64. The molecule has 0 aliphatic carbocycles. The summed E-state index contributed by atoms with van der Waals surface area (Å²) < 4.78 is 70.4. The summed E-state index contributed by atoms with van der Waals surface area (Å²) in [5.41, 5.74) is -4.09. The molecule has 118 valence electrons. The number of H-pyrrole nitrogens is 1. The number of alkyl halides is 3. The fourth-order valence-electron chi connectivity index (χ4n) is 1.74. The molecule has 2 rings (SSSR count). The van der Waals surface area contributed by atoms with Crippen molar-refractivity contribution in [2.75, 3.05) is 6.61 Å². The summed E-state index contributed by atoms with van der Waals surface area (Å²) >= 11 is 0. The second kappa shape index (κ2) is 5.70. The minimum Gasteiger partial charge on any atom is -0.461 e. The van der Waals surface area contributed by atoms with E-state index in [2.05, 4.69) is 14.9 Å². The van der Waals surface area contributed by atoms with Crippen molar-refractivity contribution in [3.05, 3.63) is 35.0 Å². The molecule has 1 heterocycles. The Balaban J connectivity index is 2.64. The molecule has 0 unspecified atom stereocenters. The monoisotopic (exact) mass is 321 g/mol. The highest BCUT2D eigenvalue weighted by Gasteiger charge is 2.37. The van der Waals surface area contributed by atoms with Gasteiger partial charge in [-0.05, 0) is 19.1 Å². The summed E-state index contributed by atoms with van der Waals surface area (Å²) in [7, 11) is 0. The number of nitrogens with zero attached hydrogens (tertiary/aromatic N) is 2.